The van der Waals surface area contributed by atoms with E-state index in [9.17, 15) is 0 Å². The fourth-order valence-electron chi connectivity index (χ4n) is 1.96. The second-order valence-electron chi connectivity index (χ2n) is 4.22. The molecule has 0 spiro atoms. The Hall–Kier alpha value is -1.36. The Kier molecular flexibility index (Phi) is 2.96. The lowest BCUT2D eigenvalue weighted by Crippen LogP contribution is -2.44. The number of nitrogen functional groups attached to an aromatic ring is 1. The van der Waals surface area contributed by atoms with Crippen molar-refractivity contribution in [3.05, 3.63) is 11.4 Å². The van der Waals surface area contributed by atoms with Crippen LogP contribution in [-0.4, -0.2) is 35.8 Å². The van der Waals surface area contributed by atoms with Crippen molar-refractivity contribution < 1.29 is 4.74 Å². The van der Waals surface area contributed by atoms with E-state index in [0.717, 1.165) is 37.0 Å². The van der Waals surface area contributed by atoms with Crippen LogP contribution in [0.25, 0.3) is 0 Å². The van der Waals surface area contributed by atoms with Crippen molar-refractivity contribution >= 4 is 11.6 Å². The van der Waals surface area contributed by atoms with Crippen molar-refractivity contribution in [2.45, 2.75) is 26.8 Å². The summed E-state index contributed by atoms with van der Waals surface area (Å²) in [5, 5.41) is 0. The van der Waals surface area contributed by atoms with Crippen LogP contribution >= 0.6 is 0 Å². The third-order valence-electron chi connectivity index (χ3n) is 2.91. The lowest BCUT2D eigenvalue weighted by atomic mass is 10.2. The molecule has 0 radical (unpaired) electrons. The smallest absolute Gasteiger partial charge is 0.137 e. The maximum absolute atomic E-state index is 5.86. The molecule has 1 aliphatic heterocycles. The maximum atomic E-state index is 5.86. The van der Waals surface area contributed by atoms with Crippen molar-refractivity contribution in [1.82, 2.24) is 9.97 Å². The number of nitrogens with zero attached hydrogens (tertiary/aromatic N) is 3. The molecular formula is C11H18N4O. The summed E-state index contributed by atoms with van der Waals surface area (Å²) in [6.07, 6.45) is 0. The predicted octanol–water partition coefficient (Wildman–Crippen LogP) is 0.901. The number of nitrogens with two attached hydrogens (primary N) is 1. The zero-order valence-corrected chi connectivity index (χ0v) is 10.0. The molecule has 5 nitrogen and oxygen atoms in total. The molecule has 2 heterocycles. The number of morpholine rings is 1. The summed E-state index contributed by atoms with van der Waals surface area (Å²) in [6.45, 7) is 8.30. The summed E-state index contributed by atoms with van der Waals surface area (Å²) >= 11 is 0. The van der Waals surface area contributed by atoms with Crippen molar-refractivity contribution in [2.75, 3.05) is 30.4 Å². The number of hydrogen-bond donors (Lipinski definition) is 1. The largest absolute Gasteiger partial charge is 0.383 e. The van der Waals surface area contributed by atoms with Gasteiger partial charge in [0.1, 0.15) is 17.5 Å². The fraction of sp³-hybridized carbons (Fsp3) is 0.636. The Morgan fingerprint density at radius 2 is 2.12 bits per heavy atom. The second kappa shape index (κ2) is 4.25. The third kappa shape index (κ3) is 1.95. The molecule has 88 valence electrons. The van der Waals surface area contributed by atoms with E-state index in [0.29, 0.717) is 11.9 Å². The van der Waals surface area contributed by atoms with Crippen LogP contribution in [0.15, 0.2) is 0 Å². The average Bonchev–Trinajstić information content (AvgIpc) is 2.24. The number of hydrogen-bond acceptors (Lipinski definition) is 5. The molecule has 1 aromatic rings. The molecule has 5 heteroatoms. The number of anilines is 2. The highest BCUT2D eigenvalue weighted by Crippen LogP contribution is 2.24. The van der Waals surface area contributed by atoms with Gasteiger partial charge in [-0.3, -0.25) is 0 Å². The Balaban J connectivity index is 2.38. The summed E-state index contributed by atoms with van der Waals surface area (Å²) < 4.78 is 5.42. The van der Waals surface area contributed by atoms with Gasteiger partial charge in [-0.1, -0.05) is 0 Å². The van der Waals surface area contributed by atoms with Gasteiger partial charge in [-0.2, -0.15) is 0 Å². The van der Waals surface area contributed by atoms with Gasteiger partial charge in [-0.15, -0.1) is 0 Å². The zero-order valence-electron chi connectivity index (χ0n) is 10.0. The summed E-state index contributed by atoms with van der Waals surface area (Å²) in [6, 6.07) is 0.334. The zero-order chi connectivity index (χ0) is 11.7. The lowest BCUT2D eigenvalue weighted by molar-refractivity contribution is 0.0984. The van der Waals surface area contributed by atoms with E-state index >= 15 is 0 Å². The first kappa shape index (κ1) is 11.1. The molecule has 1 aliphatic rings. The molecule has 16 heavy (non-hydrogen) atoms. The van der Waals surface area contributed by atoms with Crippen LogP contribution in [0.3, 0.4) is 0 Å². The number of rotatable bonds is 1. The SMILES string of the molecule is Cc1nc(N)c(C)c(N2CCOCC2C)n1. The van der Waals surface area contributed by atoms with Gasteiger partial charge in [-0.25, -0.2) is 9.97 Å². The highest BCUT2D eigenvalue weighted by atomic mass is 16.5. The highest BCUT2D eigenvalue weighted by Gasteiger charge is 2.22. The van der Waals surface area contributed by atoms with Crippen molar-refractivity contribution in [3.63, 3.8) is 0 Å². The standard InChI is InChI=1S/C11H18N4O/c1-7-6-16-5-4-15(7)11-8(2)10(12)13-9(3)14-11/h7H,4-6H2,1-3H3,(H2,12,13,14). The Bertz CT molecular complexity index is 394. The number of ether oxygens (including phenoxy) is 1. The molecule has 0 saturated carbocycles. The normalized spacial score (nSPS) is 21.2. The molecule has 1 aromatic heterocycles. The quantitative estimate of drug-likeness (QED) is 0.765. The molecule has 1 saturated heterocycles. The van der Waals surface area contributed by atoms with Gasteiger partial charge in [0.25, 0.3) is 0 Å². The monoisotopic (exact) mass is 222 g/mol. The molecular weight excluding hydrogens is 204 g/mol. The number of aromatic nitrogens is 2. The molecule has 0 aliphatic carbocycles. The molecule has 1 atom stereocenters. The summed E-state index contributed by atoms with van der Waals surface area (Å²) in [5.74, 6) is 2.23. The van der Waals surface area contributed by atoms with E-state index < -0.39 is 0 Å². The minimum absolute atomic E-state index is 0.334. The highest BCUT2D eigenvalue weighted by molar-refractivity contribution is 5.57. The van der Waals surface area contributed by atoms with E-state index in [1.54, 1.807) is 0 Å². The van der Waals surface area contributed by atoms with Gasteiger partial charge < -0.3 is 15.4 Å². The van der Waals surface area contributed by atoms with Crippen LogP contribution < -0.4 is 10.6 Å². The van der Waals surface area contributed by atoms with Crippen LogP contribution in [0, 0.1) is 13.8 Å². The van der Waals surface area contributed by atoms with Gasteiger partial charge >= 0.3 is 0 Å². The third-order valence-corrected chi connectivity index (χ3v) is 2.91. The van der Waals surface area contributed by atoms with Gasteiger partial charge in [0.2, 0.25) is 0 Å². The first-order valence-electron chi connectivity index (χ1n) is 5.54. The van der Waals surface area contributed by atoms with Gasteiger partial charge in [0.15, 0.2) is 0 Å². The van der Waals surface area contributed by atoms with Crippen LogP contribution in [0.1, 0.15) is 18.3 Å². The minimum Gasteiger partial charge on any atom is -0.383 e. The summed E-state index contributed by atoms with van der Waals surface area (Å²) in [4.78, 5) is 10.9. The van der Waals surface area contributed by atoms with Crippen molar-refractivity contribution in [2.24, 2.45) is 0 Å². The van der Waals surface area contributed by atoms with Crippen LogP contribution in [-0.2, 0) is 4.74 Å². The summed E-state index contributed by atoms with van der Waals surface area (Å²) in [7, 11) is 0. The van der Waals surface area contributed by atoms with Crippen LogP contribution in [0.2, 0.25) is 0 Å². The van der Waals surface area contributed by atoms with Gasteiger partial charge in [-0.05, 0) is 20.8 Å². The van der Waals surface area contributed by atoms with E-state index in [1.165, 1.54) is 0 Å². The predicted molar refractivity (Wildman–Crippen MR) is 63.5 cm³/mol. The van der Waals surface area contributed by atoms with E-state index in [2.05, 4.69) is 21.8 Å². The molecule has 2 rings (SSSR count). The van der Waals surface area contributed by atoms with E-state index in [-0.39, 0.29) is 0 Å². The minimum atomic E-state index is 0.334. The first-order valence-corrected chi connectivity index (χ1v) is 5.54. The fourth-order valence-corrected chi connectivity index (χ4v) is 1.96. The molecule has 1 fully saturated rings. The molecule has 0 bridgehead atoms. The molecule has 0 amide bonds. The second-order valence-corrected chi connectivity index (χ2v) is 4.22. The van der Waals surface area contributed by atoms with Gasteiger partial charge in [0, 0.05) is 12.1 Å². The Morgan fingerprint density at radius 1 is 1.38 bits per heavy atom. The average molecular weight is 222 g/mol. The van der Waals surface area contributed by atoms with Crippen molar-refractivity contribution in [3.8, 4) is 0 Å². The lowest BCUT2D eigenvalue weighted by Gasteiger charge is -2.35. The maximum Gasteiger partial charge on any atom is 0.137 e. The topological polar surface area (TPSA) is 64.3 Å². The van der Waals surface area contributed by atoms with Gasteiger partial charge in [0.05, 0.1) is 19.3 Å². The molecule has 0 aromatic carbocycles. The number of aryl methyl sites for hydroxylation is 1. The molecule has 2 N–H and O–H groups in total. The van der Waals surface area contributed by atoms with E-state index in [1.807, 2.05) is 13.8 Å². The van der Waals surface area contributed by atoms with Crippen molar-refractivity contribution in [1.29, 1.82) is 0 Å². The molecule has 1 unspecified atom stereocenters. The summed E-state index contributed by atoms with van der Waals surface area (Å²) in [5.41, 5.74) is 6.82. The first-order chi connectivity index (χ1) is 7.59. The Labute approximate surface area is 95.6 Å². The van der Waals surface area contributed by atoms with E-state index in [4.69, 9.17) is 10.5 Å². The van der Waals surface area contributed by atoms with Crippen LogP contribution in [0.5, 0.6) is 0 Å². The Morgan fingerprint density at radius 3 is 2.81 bits per heavy atom. The van der Waals surface area contributed by atoms with Crippen LogP contribution in [0.4, 0.5) is 11.6 Å².